The van der Waals surface area contributed by atoms with Gasteiger partial charge >= 0.3 is 13.5 Å². The zero-order chi connectivity index (χ0) is 26.4. The van der Waals surface area contributed by atoms with Gasteiger partial charge in [-0.25, -0.2) is 4.57 Å². The summed E-state index contributed by atoms with van der Waals surface area (Å²) in [5.41, 5.74) is -0.363. The van der Waals surface area contributed by atoms with Gasteiger partial charge in [-0.1, -0.05) is 50.7 Å². The SMILES string of the molecule is O=[N+]([O-])c1ccccc1O[C@H]1O[C@H](COP(=O)(OC2CCCCC2)OC2CCCCC2)[C@@H](O)[C@@H](O)[C@@H]1O. The van der Waals surface area contributed by atoms with E-state index < -0.39 is 50.1 Å². The topological polar surface area (TPSA) is 167 Å². The van der Waals surface area contributed by atoms with Crippen LogP contribution < -0.4 is 4.74 Å². The predicted octanol–water partition coefficient (Wildman–Crippen LogP) is 3.60. The molecule has 12 nitrogen and oxygen atoms in total. The highest BCUT2D eigenvalue weighted by molar-refractivity contribution is 7.48. The van der Waals surface area contributed by atoms with Crippen molar-refractivity contribution in [2.24, 2.45) is 0 Å². The molecular formula is C24H36NO11P. The standard InChI is InChI=1S/C24H36NO11P/c26-21-20(34-24(23(28)22(21)27)33-19-14-8-7-13-18(19)25(29)30)15-32-37(31,35-16-9-3-1-4-10-16)36-17-11-5-2-6-12-17/h7-8,13-14,16-17,20-24,26-28H,1-6,9-12,15H2/t20-,21-,22-,23+,24+/m1/s1. The molecule has 3 fully saturated rings. The number of hydrogen-bond donors (Lipinski definition) is 3. The number of nitro benzene ring substituents is 1. The van der Waals surface area contributed by atoms with Crippen molar-refractivity contribution in [2.45, 2.75) is 107 Å². The molecule has 0 amide bonds. The van der Waals surface area contributed by atoms with Crippen molar-refractivity contribution < 1.29 is 47.9 Å². The fraction of sp³-hybridized carbons (Fsp3) is 0.750. The first-order valence-electron chi connectivity index (χ1n) is 13.0. The summed E-state index contributed by atoms with van der Waals surface area (Å²) in [6.45, 7) is -0.488. The minimum Gasteiger partial charge on any atom is -0.455 e. The Morgan fingerprint density at radius 1 is 0.892 bits per heavy atom. The van der Waals surface area contributed by atoms with Crippen LogP contribution >= 0.6 is 7.82 Å². The number of para-hydroxylation sites is 2. The Kier molecular flexibility index (Phi) is 9.93. The lowest BCUT2D eigenvalue weighted by atomic mass is 9.98. The minimum atomic E-state index is -4.06. The van der Waals surface area contributed by atoms with Crippen LogP contribution in [0.3, 0.4) is 0 Å². The van der Waals surface area contributed by atoms with Gasteiger partial charge in [-0.15, -0.1) is 0 Å². The lowest BCUT2D eigenvalue weighted by Gasteiger charge is -2.40. The van der Waals surface area contributed by atoms with E-state index in [0.717, 1.165) is 64.2 Å². The minimum absolute atomic E-state index is 0.188. The van der Waals surface area contributed by atoms with Crippen molar-refractivity contribution in [2.75, 3.05) is 6.61 Å². The van der Waals surface area contributed by atoms with Gasteiger partial charge in [0, 0.05) is 6.07 Å². The van der Waals surface area contributed by atoms with Crippen LogP contribution in [0.15, 0.2) is 24.3 Å². The Bertz CT molecular complexity index is 913. The molecule has 1 aliphatic heterocycles. The van der Waals surface area contributed by atoms with Crippen molar-refractivity contribution in [3.05, 3.63) is 34.4 Å². The maximum Gasteiger partial charge on any atom is 0.475 e. The van der Waals surface area contributed by atoms with Crippen LogP contribution in [-0.4, -0.2) is 69.8 Å². The van der Waals surface area contributed by atoms with Crippen LogP contribution in [0.1, 0.15) is 64.2 Å². The largest absolute Gasteiger partial charge is 0.475 e. The van der Waals surface area contributed by atoms with Crippen LogP contribution in [-0.2, 0) is 22.9 Å². The van der Waals surface area contributed by atoms with Gasteiger partial charge in [0.1, 0.15) is 24.4 Å². The first kappa shape index (κ1) is 28.4. The molecule has 1 saturated heterocycles. The van der Waals surface area contributed by atoms with Gasteiger partial charge in [-0.3, -0.25) is 23.7 Å². The number of benzene rings is 1. The molecule has 0 radical (unpaired) electrons. The van der Waals surface area contributed by atoms with Gasteiger partial charge in [-0.2, -0.15) is 0 Å². The van der Waals surface area contributed by atoms with E-state index in [0.29, 0.717) is 0 Å². The normalized spacial score (nSPS) is 30.2. The van der Waals surface area contributed by atoms with Crippen LogP contribution in [0.25, 0.3) is 0 Å². The fourth-order valence-corrected chi connectivity index (χ4v) is 6.59. The molecule has 0 spiro atoms. The molecular weight excluding hydrogens is 509 g/mol. The second kappa shape index (κ2) is 12.9. The van der Waals surface area contributed by atoms with E-state index >= 15 is 0 Å². The molecule has 3 N–H and O–H groups in total. The van der Waals surface area contributed by atoms with E-state index in [1.54, 1.807) is 0 Å². The molecule has 1 heterocycles. The number of ether oxygens (including phenoxy) is 2. The van der Waals surface area contributed by atoms with Gasteiger partial charge in [0.05, 0.1) is 23.7 Å². The molecule has 0 aromatic heterocycles. The number of aliphatic hydroxyl groups excluding tert-OH is 3. The summed E-state index contributed by atoms with van der Waals surface area (Å²) < 4.78 is 42.3. The van der Waals surface area contributed by atoms with Crippen LogP contribution in [0.4, 0.5) is 5.69 Å². The van der Waals surface area contributed by atoms with Gasteiger partial charge in [0.15, 0.2) is 5.75 Å². The molecule has 2 aliphatic carbocycles. The molecule has 2 saturated carbocycles. The lowest BCUT2D eigenvalue weighted by molar-refractivity contribution is -0.387. The third kappa shape index (κ3) is 7.48. The van der Waals surface area contributed by atoms with Crippen LogP contribution in [0.2, 0.25) is 0 Å². The zero-order valence-corrected chi connectivity index (χ0v) is 21.5. The molecule has 4 rings (SSSR count). The summed E-state index contributed by atoms with van der Waals surface area (Å²) in [7, 11) is -4.06. The van der Waals surface area contributed by atoms with Crippen LogP contribution in [0, 0.1) is 10.1 Å². The Hall–Kier alpha value is -1.63. The van der Waals surface area contributed by atoms with Crippen molar-refractivity contribution >= 4 is 13.5 Å². The summed E-state index contributed by atoms with van der Waals surface area (Å²) in [5.74, 6) is -0.188. The second-order valence-corrected chi connectivity index (χ2v) is 11.4. The number of nitrogens with zero attached hydrogens (tertiary/aromatic N) is 1. The number of phosphoric ester groups is 1. The van der Waals surface area contributed by atoms with E-state index in [1.807, 2.05) is 0 Å². The van der Waals surface area contributed by atoms with E-state index in [1.165, 1.54) is 24.3 Å². The van der Waals surface area contributed by atoms with Gasteiger partial charge in [-0.05, 0) is 31.7 Å². The first-order valence-corrected chi connectivity index (χ1v) is 14.4. The maximum absolute atomic E-state index is 13.7. The van der Waals surface area contributed by atoms with Crippen molar-refractivity contribution in [3.63, 3.8) is 0 Å². The van der Waals surface area contributed by atoms with Crippen molar-refractivity contribution in [3.8, 4) is 5.75 Å². The molecule has 37 heavy (non-hydrogen) atoms. The van der Waals surface area contributed by atoms with Crippen molar-refractivity contribution in [1.29, 1.82) is 0 Å². The Balaban J connectivity index is 1.45. The van der Waals surface area contributed by atoms with E-state index in [-0.39, 0.29) is 23.6 Å². The molecule has 208 valence electrons. The van der Waals surface area contributed by atoms with E-state index in [9.17, 15) is 30.0 Å². The highest BCUT2D eigenvalue weighted by Gasteiger charge is 2.47. The second-order valence-electron chi connectivity index (χ2n) is 9.83. The average Bonchev–Trinajstić information content (AvgIpc) is 2.89. The Morgan fingerprint density at radius 3 is 2.03 bits per heavy atom. The Morgan fingerprint density at radius 2 is 1.46 bits per heavy atom. The predicted molar refractivity (Wildman–Crippen MR) is 130 cm³/mol. The summed E-state index contributed by atoms with van der Waals surface area (Å²) in [6, 6.07) is 5.50. The van der Waals surface area contributed by atoms with Crippen LogP contribution in [0.5, 0.6) is 5.75 Å². The molecule has 5 atom stereocenters. The smallest absolute Gasteiger partial charge is 0.455 e. The van der Waals surface area contributed by atoms with E-state index in [2.05, 4.69) is 0 Å². The summed E-state index contributed by atoms with van der Waals surface area (Å²) in [5, 5.41) is 42.7. The fourth-order valence-electron chi connectivity index (χ4n) is 4.94. The molecule has 1 aromatic rings. The number of aliphatic hydroxyl groups is 3. The number of nitro groups is 1. The lowest BCUT2D eigenvalue weighted by Crippen LogP contribution is -2.60. The number of phosphoric acid groups is 1. The van der Waals surface area contributed by atoms with Gasteiger partial charge in [0.2, 0.25) is 6.29 Å². The molecule has 0 bridgehead atoms. The third-order valence-corrected chi connectivity index (χ3v) is 8.61. The third-order valence-electron chi connectivity index (χ3n) is 7.03. The maximum atomic E-state index is 13.7. The van der Waals surface area contributed by atoms with Crippen molar-refractivity contribution in [1.82, 2.24) is 0 Å². The Labute approximate surface area is 215 Å². The molecule has 1 aromatic carbocycles. The highest BCUT2D eigenvalue weighted by Crippen LogP contribution is 2.54. The number of rotatable bonds is 10. The number of hydrogen-bond acceptors (Lipinski definition) is 11. The summed E-state index contributed by atoms with van der Waals surface area (Å²) in [4.78, 5) is 10.7. The molecule has 0 unspecified atom stereocenters. The zero-order valence-electron chi connectivity index (χ0n) is 20.6. The first-order chi connectivity index (χ1) is 17.8. The molecule has 3 aliphatic rings. The summed E-state index contributed by atoms with van der Waals surface area (Å²) in [6.07, 6.45) is 0.473. The highest BCUT2D eigenvalue weighted by atomic mass is 31.2. The average molecular weight is 546 g/mol. The quantitative estimate of drug-likeness (QED) is 0.223. The van der Waals surface area contributed by atoms with E-state index in [4.69, 9.17) is 23.0 Å². The van der Waals surface area contributed by atoms with Gasteiger partial charge in [0.25, 0.3) is 0 Å². The molecule has 13 heteroatoms. The monoisotopic (exact) mass is 545 g/mol. The van der Waals surface area contributed by atoms with Gasteiger partial charge < -0.3 is 24.8 Å². The summed E-state index contributed by atoms with van der Waals surface area (Å²) >= 11 is 0.